The third-order valence-corrected chi connectivity index (χ3v) is 3.15. The smallest absolute Gasteiger partial charge is 0.00669 e. The topological polar surface area (TPSA) is 12.0 Å². The third-order valence-electron chi connectivity index (χ3n) is 3.15. The maximum Gasteiger partial charge on any atom is 0.00669 e. The van der Waals surface area contributed by atoms with Gasteiger partial charge in [0, 0.05) is 6.04 Å². The fourth-order valence-corrected chi connectivity index (χ4v) is 2.17. The van der Waals surface area contributed by atoms with Gasteiger partial charge in [-0.05, 0) is 31.7 Å². The highest BCUT2D eigenvalue weighted by atomic mass is 14.9. The molecule has 0 aromatic rings. The molecule has 1 atom stereocenters. The quantitative estimate of drug-likeness (QED) is 0.502. The molecule has 0 aromatic carbocycles. The lowest BCUT2D eigenvalue weighted by atomic mass is 10.0. The molecule has 0 rings (SSSR count). The van der Waals surface area contributed by atoms with Gasteiger partial charge in [-0.2, -0.15) is 0 Å². The van der Waals surface area contributed by atoms with Gasteiger partial charge in [-0.15, -0.1) is 0 Å². The van der Waals surface area contributed by atoms with Crippen molar-refractivity contribution in [1.82, 2.24) is 5.32 Å². The Morgan fingerprint density at radius 3 is 2.06 bits per heavy atom. The number of hydrogen-bond donors (Lipinski definition) is 1. The van der Waals surface area contributed by atoms with E-state index < -0.39 is 0 Å². The Kier molecular flexibility index (Phi) is 11.4. The van der Waals surface area contributed by atoms with Gasteiger partial charge >= 0.3 is 0 Å². The van der Waals surface area contributed by atoms with Crippen LogP contribution in [-0.2, 0) is 0 Å². The molecule has 0 radical (unpaired) electrons. The van der Waals surface area contributed by atoms with Crippen molar-refractivity contribution in [1.29, 1.82) is 0 Å². The van der Waals surface area contributed by atoms with Gasteiger partial charge in [0.15, 0.2) is 0 Å². The van der Waals surface area contributed by atoms with Crippen molar-refractivity contribution in [3.8, 4) is 0 Å². The largest absolute Gasteiger partial charge is 0.314 e. The molecule has 0 spiro atoms. The summed E-state index contributed by atoms with van der Waals surface area (Å²) in [4.78, 5) is 0. The molecule has 0 aromatic heterocycles. The van der Waals surface area contributed by atoms with E-state index in [1.807, 2.05) is 0 Å². The molecule has 16 heavy (non-hydrogen) atoms. The second-order valence-electron chi connectivity index (χ2n) is 5.47. The standard InChI is InChI=1S/C15H33N/c1-5-10-15(16-13-6-2)12-9-7-8-11-14(3)4/h14-16H,5-13H2,1-4H3. The van der Waals surface area contributed by atoms with Crippen molar-refractivity contribution >= 4 is 0 Å². The highest BCUT2D eigenvalue weighted by Gasteiger charge is 2.05. The van der Waals surface area contributed by atoms with E-state index in [1.54, 1.807) is 0 Å². The van der Waals surface area contributed by atoms with Crippen LogP contribution >= 0.6 is 0 Å². The molecule has 1 N–H and O–H groups in total. The summed E-state index contributed by atoms with van der Waals surface area (Å²) in [5.74, 6) is 0.879. The molecule has 0 saturated carbocycles. The number of rotatable bonds is 11. The Labute approximate surface area is 103 Å². The van der Waals surface area contributed by atoms with Gasteiger partial charge in [0.1, 0.15) is 0 Å². The Morgan fingerprint density at radius 2 is 1.50 bits per heavy atom. The highest BCUT2D eigenvalue weighted by Crippen LogP contribution is 2.12. The van der Waals surface area contributed by atoms with Crippen LogP contribution in [0.5, 0.6) is 0 Å². The van der Waals surface area contributed by atoms with Crippen LogP contribution in [0.2, 0.25) is 0 Å². The van der Waals surface area contributed by atoms with E-state index in [0.717, 1.165) is 12.0 Å². The van der Waals surface area contributed by atoms with E-state index in [2.05, 4.69) is 33.0 Å². The summed E-state index contributed by atoms with van der Waals surface area (Å²) in [6, 6.07) is 0.781. The summed E-state index contributed by atoms with van der Waals surface area (Å²) in [6.07, 6.45) is 11.0. The fourth-order valence-electron chi connectivity index (χ4n) is 2.17. The lowest BCUT2D eigenvalue weighted by Crippen LogP contribution is -2.29. The van der Waals surface area contributed by atoms with Gasteiger partial charge in [0.2, 0.25) is 0 Å². The Morgan fingerprint density at radius 1 is 0.812 bits per heavy atom. The van der Waals surface area contributed by atoms with Crippen LogP contribution in [-0.4, -0.2) is 12.6 Å². The van der Waals surface area contributed by atoms with E-state index >= 15 is 0 Å². The van der Waals surface area contributed by atoms with E-state index in [9.17, 15) is 0 Å². The summed E-state index contributed by atoms with van der Waals surface area (Å²) < 4.78 is 0. The first-order valence-corrected chi connectivity index (χ1v) is 7.44. The zero-order chi connectivity index (χ0) is 12.2. The number of unbranched alkanes of at least 4 members (excludes halogenated alkanes) is 2. The average Bonchev–Trinajstić information content (AvgIpc) is 2.24. The minimum atomic E-state index is 0.781. The van der Waals surface area contributed by atoms with Crippen LogP contribution in [0.4, 0.5) is 0 Å². The molecular weight excluding hydrogens is 194 g/mol. The second kappa shape index (κ2) is 11.4. The maximum absolute atomic E-state index is 3.67. The maximum atomic E-state index is 3.67. The van der Waals surface area contributed by atoms with Gasteiger partial charge in [-0.25, -0.2) is 0 Å². The summed E-state index contributed by atoms with van der Waals surface area (Å²) >= 11 is 0. The fraction of sp³-hybridized carbons (Fsp3) is 1.00. The first-order chi connectivity index (χ1) is 7.70. The molecule has 1 unspecified atom stereocenters. The van der Waals surface area contributed by atoms with Crippen LogP contribution in [0.15, 0.2) is 0 Å². The zero-order valence-electron chi connectivity index (χ0n) is 12.0. The molecule has 1 nitrogen and oxygen atoms in total. The molecule has 0 aliphatic heterocycles. The number of nitrogens with one attached hydrogen (secondary N) is 1. The normalized spacial score (nSPS) is 13.3. The molecule has 0 aliphatic carbocycles. The first-order valence-electron chi connectivity index (χ1n) is 7.44. The van der Waals surface area contributed by atoms with E-state index in [4.69, 9.17) is 0 Å². The van der Waals surface area contributed by atoms with Crippen molar-refractivity contribution in [3.63, 3.8) is 0 Å². The predicted molar refractivity (Wildman–Crippen MR) is 74.9 cm³/mol. The lowest BCUT2D eigenvalue weighted by molar-refractivity contribution is 0.422. The van der Waals surface area contributed by atoms with E-state index in [0.29, 0.717) is 0 Å². The highest BCUT2D eigenvalue weighted by molar-refractivity contribution is 4.66. The van der Waals surface area contributed by atoms with Crippen LogP contribution in [0.3, 0.4) is 0 Å². The van der Waals surface area contributed by atoms with Gasteiger partial charge in [-0.3, -0.25) is 0 Å². The minimum Gasteiger partial charge on any atom is -0.314 e. The first kappa shape index (κ1) is 16.0. The van der Waals surface area contributed by atoms with Crippen molar-refractivity contribution < 1.29 is 0 Å². The SMILES string of the molecule is CCCNC(CCC)CCCCCC(C)C. The van der Waals surface area contributed by atoms with Crippen molar-refractivity contribution in [2.45, 2.75) is 85.1 Å². The van der Waals surface area contributed by atoms with Crippen LogP contribution in [0.25, 0.3) is 0 Å². The van der Waals surface area contributed by atoms with Gasteiger partial charge in [-0.1, -0.05) is 59.8 Å². The Hall–Kier alpha value is -0.0400. The van der Waals surface area contributed by atoms with Crippen LogP contribution < -0.4 is 5.32 Å². The molecular formula is C15H33N. The van der Waals surface area contributed by atoms with E-state index in [-0.39, 0.29) is 0 Å². The second-order valence-corrected chi connectivity index (χ2v) is 5.47. The van der Waals surface area contributed by atoms with Crippen molar-refractivity contribution in [2.24, 2.45) is 5.92 Å². The van der Waals surface area contributed by atoms with Gasteiger partial charge < -0.3 is 5.32 Å². The number of hydrogen-bond acceptors (Lipinski definition) is 1. The molecule has 0 fully saturated rings. The van der Waals surface area contributed by atoms with Crippen molar-refractivity contribution in [3.05, 3.63) is 0 Å². The van der Waals surface area contributed by atoms with E-state index in [1.165, 1.54) is 57.9 Å². The minimum absolute atomic E-state index is 0.781. The molecule has 1 heteroatoms. The average molecular weight is 227 g/mol. The van der Waals surface area contributed by atoms with Gasteiger partial charge in [0.25, 0.3) is 0 Å². The van der Waals surface area contributed by atoms with Gasteiger partial charge in [0.05, 0.1) is 0 Å². The summed E-state index contributed by atoms with van der Waals surface area (Å²) in [7, 11) is 0. The Balaban J connectivity index is 3.43. The summed E-state index contributed by atoms with van der Waals surface area (Å²) in [5, 5.41) is 3.67. The molecule has 0 aliphatic rings. The third kappa shape index (κ3) is 10.5. The Bertz CT molecular complexity index is 131. The summed E-state index contributed by atoms with van der Waals surface area (Å²) in [5.41, 5.74) is 0. The summed E-state index contributed by atoms with van der Waals surface area (Å²) in [6.45, 7) is 10.4. The lowest BCUT2D eigenvalue weighted by Gasteiger charge is -2.17. The zero-order valence-corrected chi connectivity index (χ0v) is 12.0. The van der Waals surface area contributed by atoms with Crippen LogP contribution in [0.1, 0.15) is 79.1 Å². The molecule has 0 heterocycles. The predicted octanol–water partition coefficient (Wildman–Crippen LogP) is 4.76. The monoisotopic (exact) mass is 227 g/mol. The molecule has 0 saturated heterocycles. The molecule has 98 valence electrons. The molecule has 0 amide bonds. The van der Waals surface area contributed by atoms with Crippen LogP contribution in [0, 0.1) is 5.92 Å². The van der Waals surface area contributed by atoms with Crippen molar-refractivity contribution in [2.75, 3.05) is 6.54 Å². The molecule has 0 bridgehead atoms.